The Labute approximate surface area is 131 Å². The monoisotopic (exact) mass is 305 g/mol. The van der Waals surface area contributed by atoms with E-state index in [1.807, 2.05) is 19.9 Å². The molecule has 1 aromatic rings. The van der Waals surface area contributed by atoms with Gasteiger partial charge in [0.25, 0.3) is 0 Å². The van der Waals surface area contributed by atoms with E-state index in [4.69, 9.17) is 4.74 Å². The molecule has 0 aliphatic rings. The van der Waals surface area contributed by atoms with Gasteiger partial charge in [0.05, 0.1) is 13.0 Å². The predicted molar refractivity (Wildman–Crippen MR) is 84.9 cm³/mol. The van der Waals surface area contributed by atoms with Crippen LogP contribution in [0, 0.1) is 0 Å². The summed E-state index contributed by atoms with van der Waals surface area (Å²) in [5.41, 5.74) is 2.11. The van der Waals surface area contributed by atoms with Crippen LogP contribution in [0.4, 0.5) is 4.79 Å². The quantitative estimate of drug-likeness (QED) is 0.477. The number of benzene rings is 1. The number of carbonyl (C=O) groups is 2. The van der Waals surface area contributed by atoms with Crippen molar-refractivity contribution >= 4 is 12.1 Å². The van der Waals surface area contributed by atoms with Crippen molar-refractivity contribution in [1.29, 1.82) is 0 Å². The Kier molecular flexibility index (Phi) is 7.75. The van der Waals surface area contributed by atoms with Gasteiger partial charge in [-0.25, -0.2) is 4.79 Å². The Balaban J connectivity index is 2.40. The molecule has 0 radical (unpaired) electrons. The van der Waals surface area contributed by atoms with Gasteiger partial charge >= 0.3 is 6.16 Å². The average Bonchev–Trinajstić information content (AvgIpc) is 2.49. The summed E-state index contributed by atoms with van der Waals surface area (Å²) in [6.07, 6.45) is 2.46. The first kappa shape index (κ1) is 17.8. The van der Waals surface area contributed by atoms with Crippen LogP contribution in [0.25, 0.3) is 0 Å². The second-order valence-corrected chi connectivity index (χ2v) is 4.84. The van der Waals surface area contributed by atoms with Gasteiger partial charge in [-0.1, -0.05) is 23.8 Å². The van der Waals surface area contributed by atoms with Crippen LogP contribution in [0.1, 0.15) is 32.8 Å². The van der Waals surface area contributed by atoms with Crippen LogP contribution in [-0.2, 0) is 16.0 Å². The van der Waals surface area contributed by atoms with Crippen molar-refractivity contribution in [1.82, 2.24) is 5.32 Å². The zero-order chi connectivity index (χ0) is 16.4. The van der Waals surface area contributed by atoms with Crippen molar-refractivity contribution in [2.75, 3.05) is 13.2 Å². The number of hydrogen-bond acceptors (Lipinski definition) is 4. The Bertz CT molecular complexity index is 520. The maximum Gasteiger partial charge on any atom is 0.513 e. The molecule has 0 spiro atoms. The molecular formula is C17H23NO4. The molecule has 0 aliphatic carbocycles. The second-order valence-electron chi connectivity index (χ2n) is 4.84. The van der Waals surface area contributed by atoms with E-state index in [2.05, 4.69) is 10.1 Å². The van der Waals surface area contributed by atoms with Crippen LogP contribution in [0.15, 0.2) is 35.9 Å². The minimum absolute atomic E-state index is 0.0250. The maximum absolute atomic E-state index is 11.8. The summed E-state index contributed by atoms with van der Waals surface area (Å²) >= 11 is 0. The van der Waals surface area contributed by atoms with Crippen LogP contribution in [-0.4, -0.2) is 25.2 Å². The third kappa shape index (κ3) is 6.92. The molecule has 120 valence electrons. The Hall–Kier alpha value is -2.30. The van der Waals surface area contributed by atoms with Gasteiger partial charge in [-0.3, -0.25) is 4.79 Å². The van der Waals surface area contributed by atoms with Crippen molar-refractivity contribution in [3.8, 4) is 5.75 Å². The standard InChI is InChI=1S/C17H23NO4/c1-4-13(3)10-11-18-16(19)12-14-6-8-15(9-7-14)22-17(20)21-5-2/h4,6-9H,5,10-12H2,1-3H3,(H,18,19)/b13-4+. The smallest absolute Gasteiger partial charge is 0.434 e. The average molecular weight is 305 g/mol. The van der Waals surface area contributed by atoms with E-state index in [0.29, 0.717) is 18.7 Å². The molecule has 1 aromatic carbocycles. The Morgan fingerprint density at radius 2 is 1.91 bits per heavy atom. The molecule has 0 bridgehead atoms. The molecular weight excluding hydrogens is 282 g/mol. The molecule has 1 rings (SSSR count). The zero-order valence-corrected chi connectivity index (χ0v) is 13.3. The maximum atomic E-state index is 11.8. The highest BCUT2D eigenvalue weighted by Crippen LogP contribution is 2.13. The highest BCUT2D eigenvalue weighted by Gasteiger charge is 2.06. The Morgan fingerprint density at radius 1 is 1.23 bits per heavy atom. The Morgan fingerprint density at radius 3 is 2.50 bits per heavy atom. The molecule has 0 saturated carbocycles. The number of rotatable bonds is 7. The normalized spacial score (nSPS) is 11.0. The van der Waals surface area contributed by atoms with Crippen molar-refractivity contribution < 1.29 is 19.1 Å². The minimum atomic E-state index is -0.729. The zero-order valence-electron chi connectivity index (χ0n) is 13.3. The van der Waals surface area contributed by atoms with Gasteiger partial charge in [-0.15, -0.1) is 0 Å². The molecule has 0 saturated heterocycles. The minimum Gasteiger partial charge on any atom is -0.434 e. The lowest BCUT2D eigenvalue weighted by Crippen LogP contribution is -2.26. The third-order valence-corrected chi connectivity index (χ3v) is 3.09. The highest BCUT2D eigenvalue weighted by molar-refractivity contribution is 5.78. The van der Waals surface area contributed by atoms with E-state index in [1.54, 1.807) is 31.2 Å². The van der Waals surface area contributed by atoms with Crippen molar-refractivity contribution in [3.63, 3.8) is 0 Å². The molecule has 5 nitrogen and oxygen atoms in total. The largest absolute Gasteiger partial charge is 0.513 e. The highest BCUT2D eigenvalue weighted by atomic mass is 16.7. The van der Waals surface area contributed by atoms with Crippen LogP contribution in [0.2, 0.25) is 0 Å². The van der Waals surface area contributed by atoms with E-state index in [1.165, 1.54) is 5.57 Å². The number of allylic oxidation sites excluding steroid dienone is 1. The molecule has 1 N–H and O–H groups in total. The summed E-state index contributed by atoms with van der Waals surface area (Å²) in [6.45, 7) is 6.63. The lowest BCUT2D eigenvalue weighted by Gasteiger charge is -2.07. The first-order valence-corrected chi connectivity index (χ1v) is 7.37. The van der Waals surface area contributed by atoms with Gasteiger partial charge in [0, 0.05) is 6.54 Å². The van der Waals surface area contributed by atoms with E-state index in [9.17, 15) is 9.59 Å². The number of hydrogen-bond donors (Lipinski definition) is 1. The number of amides is 1. The summed E-state index contributed by atoms with van der Waals surface area (Å²) in [5.74, 6) is 0.370. The molecule has 0 fully saturated rings. The molecule has 5 heteroatoms. The predicted octanol–water partition coefficient (Wildman–Crippen LogP) is 3.24. The second kappa shape index (κ2) is 9.60. The lowest BCUT2D eigenvalue weighted by molar-refractivity contribution is -0.120. The number of carbonyl (C=O) groups excluding carboxylic acids is 2. The van der Waals surface area contributed by atoms with Crippen LogP contribution in [0.3, 0.4) is 0 Å². The summed E-state index contributed by atoms with van der Waals surface area (Å²) in [5, 5.41) is 2.87. The lowest BCUT2D eigenvalue weighted by atomic mass is 10.1. The number of ether oxygens (including phenoxy) is 2. The van der Waals surface area contributed by atoms with Gasteiger partial charge in [0.2, 0.25) is 5.91 Å². The van der Waals surface area contributed by atoms with Crippen molar-refractivity contribution in [2.24, 2.45) is 0 Å². The summed E-state index contributed by atoms with van der Waals surface area (Å²) in [7, 11) is 0. The number of nitrogens with one attached hydrogen (secondary N) is 1. The molecule has 0 atom stereocenters. The van der Waals surface area contributed by atoms with E-state index < -0.39 is 6.16 Å². The first-order valence-electron chi connectivity index (χ1n) is 7.37. The first-order chi connectivity index (χ1) is 10.5. The van der Waals surface area contributed by atoms with Crippen LogP contribution >= 0.6 is 0 Å². The van der Waals surface area contributed by atoms with Crippen molar-refractivity contribution in [2.45, 2.75) is 33.6 Å². The topological polar surface area (TPSA) is 64.6 Å². The fraction of sp³-hybridized carbons (Fsp3) is 0.412. The van der Waals surface area contributed by atoms with Crippen LogP contribution in [0.5, 0.6) is 5.75 Å². The molecule has 22 heavy (non-hydrogen) atoms. The van der Waals surface area contributed by atoms with Crippen LogP contribution < -0.4 is 10.1 Å². The van der Waals surface area contributed by atoms with Gasteiger partial charge in [-0.05, 0) is 44.9 Å². The molecule has 0 aromatic heterocycles. The van der Waals surface area contributed by atoms with Gasteiger partial charge < -0.3 is 14.8 Å². The SMILES string of the molecule is C/C=C(\C)CCNC(=O)Cc1ccc(OC(=O)OCC)cc1. The fourth-order valence-electron chi connectivity index (χ4n) is 1.71. The fourth-order valence-corrected chi connectivity index (χ4v) is 1.71. The van der Waals surface area contributed by atoms with Gasteiger partial charge in [0.15, 0.2) is 0 Å². The molecule has 1 amide bonds. The van der Waals surface area contributed by atoms with Gasteiger partial charge in [0.1, 0.15) is 5.75 Å². The molecule has 0 unspecified atom stereocenters. The molecule has 0 aliphatic heterocycles. The summed E-state index contributed by atoms with van der Waals surface area (Å²) in [4.78, 5) is 23.0. The van der Waals surface area contributed by atoms with Crippen molar-refractivity contribution in [3.05, 3.63) is 41.5 Å². The third-order valence-electron chi connectivity index (χ3n) is 3.09. The summed E-state index contributed by atoms with van der Waals surface area (Å²) < 4.78 is 9.63. The van der Waals surface area contributed by atoms with E-state index in [-0.39, 0.29) is 12.5 Å². The summed E-state index contributed by atoms with van der Waals surface area (Å²) in [6, 6.07) is 6.80. The van der Waals surface area contributed by atoms with Gasteiger partial charge in [-0.2, -0.15) is 0 Å². The van der Waals surface area contributed by atoms with E-state index in [0.717, 1.165) is 12.0 Å². The molecule has 0 heterocycles. The van der Waals surface area contributed by atoms with E-state index >= 15 is 0 Å².